The molecule has 1 aliphatic carbocycles. The van der Waals surface area contributed by atoms with Crippen LogP contribution in [0.4, 0.5) is 0 Å². The Kier molecular flexibility index (Phi) is 5.88. The summed E-state index contributed by atoms with van der Waals surface area (Å²) in [7, 11) is 0. The van der Waals surface area contributed by atoms with Gasteiger partial charge < -0.3 is 14.5 Å². The maximum Gasteiger partial charge on any atom is 0.130 e. The predicted molar refractivity (Wildman–Crippen MR) is 86.2 cm³/mol. The highest BCUT2D eigenvalue weighted by Crippen LogP contribution is 2.31. The average Bonchev–Trinajstić information content (AvgIpc) is 2.73. The molecule has 0 aromatic carbocycles. The molecule has 0 aliphatic heterocycles. The molecule has 1 aromatic rings. The molecule has 2 atom stereocenters. The van der Waals surface area contributed by atoms with Crippen LogP contribution in [0.5, 0.6) is 0 Å². The SMILES string of the molecule is Cc1oc(COC2CC(C)CC(C)C2)cc1CNC(C)C. The fourth-order valence-corrected chi connectivity index (χ4v) is 3.36. The quantitative estimate of drug-likeness (QED) is 0.842. The molecule has 1 aromatic heterocycles. The first-order valence-electron chi connectivity index (χ1n) is 8.37. The third-order valence-corrected chi connectivity index (χ3v) is 4.37. The first-order valence-corrected chi connectivity index (χ1v) is 8.37. The Morgan fingerprint density at radius 3 is 2.52 bits per heavy atom. The standard InChI is InChI=1S/C18H31NO2/c1-12(2)19-10-16-9-18(21-15(16)5)11-20-17-7-13(3)6-14(4)8-17/h9,12-14,17,19H,6-8,10-11H2,1-5H3. The number of hydrogen-bond acceptors (Lipinski definition) is 3. The van der Waals surface area contributed by atoms with E-state index in [0.29, 0.717) is 18.8 Å². The Hall–Kier alpha value is -0.800. The van der Waals surface area contributed by atoms with Gasteiger partial charge in [0.2, 0.25) is 0 Å². The van der Waals surface area contributed by atoms with E-state index in [4.69, 9.17) is 9.15 Å². The summed E-state index contributed by atoms with van der Waals surface area (Å²) in [5.41, 5.74) is 1.24. The Balaban J connectivity index is 1.84. The molecule has 0 spiro atoms. The van der Waals surface area contributed by atoms with Crippen LogP contribution in [-0.4, -0.2) is 12.1 Å². The molecule has 0 radical (unpaired) electrons. The molecule has 2 rings (SSSR count). The predicted octanol–water partition coefficient (Wildman–Crippen LogP) is 4.43. The number of rotatable bonds is 6. The van der Waals surface area contributed by atoms with Crippen LogP contribution in [0.15, 0.2) is 10.5 Å². The van der Waals surface area contributed by atoms with Crippen LogP contribution in [0, 0.1) is 18.8 Å². The second kappa shape index (κ2) is 7.46. The summed E-state index contributed by atoms with van der Waals surface area (Å²) >= 11 is 0. The molecule has 1 N–H and O–H groups in total. The monoisotopic (exact) mass is 293 g/mol. The molecule has 1 heterocycles. The first-order chi connectivity index (χ1) is 9.94. The van der Waals surface area contributed by atoms with Gasteiger partial charge in [-0.2, -0.15) is 0 Å². The zero-order chi connectivity index (χ0) is 15.4. The van der Waals surface area contributed by atoms with Crippen LogP contribution >= 0.6 is 0 Å². The summed E-state index contributed by atoms with van der Waals surface area (Å²) in [6.07, 6.45) is 4.11. The molecule has 120 valence electrons. The van der Waals surface area contributed by atoms with E-state index in [9.17, 15) is 0 Å². The third kappa shape index (κ3) is 5.15. The highest BCUT2D eigenvalue weighted by molar-refractivity contribution is 5.20. The Labute approximate surface area is 129 Å². The van der Waals surface area contributed by atoms with Gasteiger partial charge in [-0.05, 0) is 44.1 Å². The van der Waals surface area contributed by atoms with E-state index in [2.05, 4.69) is 39.1 Å². The molecule has 1 fully saturated rings. The van der Waals surface area contributed by atoms with Gasteiger partial charge in [0.15, 0.2) is 0 Å². The summed E-state index contributed by atoms with van der Waals surface area (Å²) in [6, 6.07) is 2.63. The van der Waals surface area contributed by atoms with Crippen molar-refractivity contribution in [3.05, 3.63) is 23.2 Å². The van der Waals surface area contributed by atoms with Crippen LogP contribution < -0.4 is 5.32 Å². The molecule has 1 aliphatic rings. The molecule has 1 saturated carbocycles. The van der Waals surface area contributed by atoms with Crippen LogP contribution in [0.3, 0.4) is 0 Å². The minimum Gasteiger partial charge on any atom is -0.464 e. The topological polar surface area (TPSA) is 34.4 Å². The van der Waals surface area contributed by atoms with Crippen molar-refractivity contribution in [3.63, 3.8) is 0 Å². The lowest BCUT2D eigenvalue weighted by Crippen LogP contribution is -2.26. The van der Waals surface area contributed by atoms with Gasteiger partial charge in [0.05, 0.1) is 6.10 Å². The second-order valence-corrected chi connectivity index (χ2v) is 7.18. The van der Waals surface area contributed by atoms with Gasteiger partial charge in [0.1, 0.15) is 18.1 Å². The zero-order valence-corrected chi connectivity index (χ0v) is 14.2. The molecule has 0 saturated heterocycles. The maximum absolute atomic E-state index is 6.09. The highest BCUT2D eigenvalue weighted by atomic mass is 16.5. The molecular formula is C18H31NO2. The number of hydrogen-bond donors (Lipinski definition) is 1. The minimum atomic E-state index is 0.395. The number of ether oxygens (including phenoxy) is 1. The van der Waals surface area contributed by atoms with Crippen molar-refractivity contribution in [1.29, 1.82) is 0 Å². The van der Waals surface area contributed by atoms with Crippen molar-refractivity contribution in [2.45, 2.75) is 79.2 Å². The van der Waals surface area contributed by atoms with E-state index in [1.165, 1.54) is 24.8 Å². The number of aryl methyl sites for hydroxylation is 1. The van der Waals surface area contributed by atoms with Gasteiger partial charge >= 0.3 is 0 Å². The van der Waals surface area contributed by atoms with Gasteiger partial charge in [-0.3, -0.25) is 0 Å². The lowest BCUT2D eigenvalue weighted by molar-refractivity contribution is -0.0158. The minimum absolute atomic E-state index is 0.395. The van der Waals surface area contributed by atoms with E-state index >= 15 is 0 Å². The van der Waals surface area contributed by atoms with Crippen LogP contribution in [0.25, 0.3) is 0 Å². The molecule has 0 bridgehead atoms. The normalized spacial score (nSPS) is 26.5. The van der Waals surface area contributed by atoms with Crippen LogP contribution in [0.1, 0.15) is 64.0 Å². The van der Waals surface area contributed by atoms with Gasteiger partial charge in [0.25, 0.3) is 0 Å². The molecule has 2 unspecified atom stereocenters. The molecule has 3 nitrogen and oxygen atoms in total. The summed E-state index contributed by atoms with van der Waals surface area (Å²) in [6.45, 7) is 12.5. The van der Waals surface area contributed by atoms with Gasteiger partial charge in [-0.1, -0.05) is 27.7 Å². The van der Waals surface area contributed by atoms with Crippen LogP contribution in [-0.2, 0) is 17.9 Å². The van der Waals surface area contributed by atoms with Crippen molar-refractivity contribution >= 4 is 0 Å². The summed E-state index contributed by atoms with van der Waals surface area (Å²) < 4.78 is 11.9. The Morgan fingerprint density at radius 2 is 1.90 bits per heavy atom. The second-order valence-electron chi connectivity index (χ2n) is 7.18. The van der Waals surface area contributed by atoms with E-state index in [0.717, 1.165) is 29.9 Å². The van der Waals surface area contributed by atoms with E-state index in [1.54, 1.807) is 0 Å². The largest absolute Gasteiger partial charge is 0.464 e. The van der Waals surface area contributed by atoms with E-state index in [1.807, 2.05) is 6.92 Å². The fourth-order valence-electron chi connectivity index (χ4n) is 3.36. The molecule has 21 heavy (non-hydrogen) atoms. The van der Waals surface area contributed by atoms with Crippen molar-refractivity contribution < 1.29 is 9.15 Å². The van der Waals surface area contributed by atoms with Crippen molar-refractivity contribution in [2.75, 3.05) is 0 Å². The third-order valence-electron chi connectivity index (χ3n) is 4.37. The van der Waals surface area contributed by atoms with Crippen LogP contribution in [0.2, 0.25) is 0 Å². The maximum atomic E-state index is 6.09. The van der Waals surface area contributed by atoms with Crippen molar-refractivity contribution in [1.82, 2.24) is 5.32 Å². The molecular weight excluding hydrogens is 262 g/mol. The van der Waals surface area contributed by atoms with Crippen molar-refractivity contribution in [2.24, 2.45) is 11.8 Å². The van der Waals surface area contributed by atoms with Gasteiger partial charge in [-0.25, -0.2) is 0 Å². The summed E-state index contributed by atoms with van der Waals surface area (Å²) in [5, 5.41) is 3.43. The van der Waals surface area contributed by atoms with E-state index in [-0.39, 0.29) is 0 Å². The summed E-state index contributed by atoms with van der Waals surface area (Å²) in [4.78, 5) is 0. The molecule has 3 heteroatoms. The van der Waals surface area contributed by atoms with E-state index < -0.39 is 0 Å². The lowest BCUT2D eigenvalue weighted by atomic mass is 9.82. The van der Waals surface area contributed by atoms with Gasteiger partial charge in [-0.15, -0.1) is 0 Å². The molecule has 0 amide bonds. The summed E-state index contributed by atoms with van der Waals surface area (Å²) in [5.74, 6) is 3.52. The van der Waals surface area contributed by atoms with Crippen molar-refractivity contribution in [3.8, 4) is 0 Å². The van der Waals surface area contributed by atoms with Gasteiger partial charge in [0, 0.05) is 18.2 Å². The number of furan rings is 1. The average molecular weight is 293 g/mol. The Morgan fingerprint density at radius 1 is 1.24 bits per heavy atom. The highest BCUT2D eigenvalue weighted by Gasteiger charge is 2.24. The Bertz CT molecular complexity index is 428. The lowest BCUT2D eigenvalue weighted by Gasteiger charge is -2.31. The first kappa shape index (κ1) is 16.6. The number of nitrogens with one attached hydrogen (secondary N) is 1. The smallest absolute Gasteiger partial charge is 0.130 e. The zero-order valence-electron chi connectivity index (χ0n) is 14.2. The fraction of sp³-hybridized carbons (Fsp3) is 0.778.